The summed E-state index contributed by atoms with van der Waals surface area (Å²) in [5.74, 6) is 5.40. The lowest BCUT2D eigenvalue weighted by Gasteiger charge is -2.00. The van der Waals surface area contributed by atoms with Gasteiger partial charge in [0.05, 0.1) is 22.2 Å². The first-order chi connectivity index (χ1) is 6.65. The monoisotopic (exact) mass is 227 g/mol. The van der Waals surface area contributed by atoms with E-state index in [4.69, 9.17) is 28.9 Å². The Morgan fingerprint density at radius 2 is 1.93 bits per heavy atom. The van der Waals surface area contributed by atoms with Crippen LogP contribution in [0.15, 0.2) is 12.1 Å². The zero-order valence-electron chi connectivity index (χ0n) is 7.18. The van der Waals surface area contributed by atoms with E-state index < -0.39 is 0 Å². The molecule has 0 bridgehead atoms. The van der Waals surface area contributed by atoms with Crippen LogP contribution >= 0.6 is 23.2 Å². The number of hydrogen-bond acceptors (Lipinski definition) is 2. The summed E-state index contributed by atoms with van der Waals surface area (Å²) in [6, 6.07) is 3.22. The van der Waals surface area contributed by atoms with Crippen molar-refractivity contribution >= 4 is 35.2 Å². The fourth-order valence-corrected chi connectivity index (χ4v) is 1.34. The van der Waals surface area contributed by atoms with Gasteiger partial charge in [0.15, 0.2) is 0 Å². The van der Waals surface area contributed by atoms with Crippen molar-refractivity contribution in [3.63, 3.8) is 0 Å². The number of carbonyl (C=O) groups is 1. The van der Waals surface area contributed by atoms with Crippen molar-refractivity contribution in [2.24, 2.45) is 0 Å². The maximum Gasteiger partial charge on any atom is 0.131 e. The summed E-state index contributed by atoms with van der Waals surface area (Å²) in [5.41, 5.74) is 6.53. The topological polar surface area (TPSA) is 43.1 Å². The Balaban J connectivity index is 3.02. The lowest BCUT2D eigenvalue weighted by Crippen LogP contribution is -1.88. The summed E-state index contributed by atoms with van der Waals surface area (Å²) < 4.78 is 0. The SMILES string of the molecule is Nc1c(Cl)cc(C#CCC=O)cc1Cl. The average Bonchev–Trinajstić information content (AvgIpc) is 2.14. The molecule has 2 nitrogen and oxygen atoms in total. The molecule has 0 saturated heterocycles. The standard InChI is InChI=1S/C10H7Cl2NO/c11-8-5-7(3-1-2-4-14)6-9(12)10(8)13/h4-6H,2,13H2. The van der Waals surface area contributed by atoms with Gasteiger partial charge in [0.2, 0.25) is 0 Å². The smallest absolute Gasteiger partial charge is 0.131 e. The van der Waals surface area contributed by atoms with E-state index in [0.717, 1.165) is 6.29 Å². The third kappa shape index (κ3) is 2.66. The highest BCUT2D eigenvalue weighted by Crippen LogP contribution is 2.28. The number of carbonyl (C=O) groups excluding carboxylic acids is 1. The van der Waals surface area contributed by atoms with Crippen LogP contribution in [0.25, 0.3) is 0 Å². The van der Waals surface area contributed by atoms with Crippen LogP contribution in [-0.2, 0) is 4.79 Å². The van der Waals surface area contributed by atoms with Crippen LogP contribution in [0.1, 0.15) is 12.0 Å². The number of nitrogen functional groups attached to an aromatic ring is 1. The summed E-state index contributed by atoms with van der Waals surface area (Å²) in [7, 11) is 0. The largest absolute Gasteiger partial charge is 0.396 e. The van der Waals surface area contributed by atoms with Crippen LogP contribution in [0.2, 0.25) is 10.0 Å². The molecular weight excluding hydrogens is 221 g/mol. The molecule has 0 heterocycles. The summed E-state index contributed by atoms with van der Waals surface area (Å²) in [6.07, 6.45) is 0.924. The van der Waals surface area contributed by atoms with E-state index in [1.54, 1.807) is 12.1 Å². The normalized spacial score (nSPS) is 9.00. The summed E-state index contributed by atoms with van der Waals surface area (Å²) in [4.78, 5) is 10.0. The fraction of sp³-hybridized carbons (Fsp3) is 0.100. The average molecular weight is 228 g/mol. The Bertz CT molecular complexity index is 395. The molecule has 0 unspecified atom stereocenters. The molecule has 1 aromatic rings. The second kappa shape index (κ2) is 4.90. The summed E-state index contributed by atoms with van der Waals surface area (Å²) in [6.45, 7) is 0. The van der Waals surface area contributed by atoms with Gasteiger partial charge in [0.25, 0.3) is 0 Å². The van der Waals surface area contributed by atoms with E-state index >= 15 is 0 Å². The van der Waals surface area contributed by atoms with E-state index in [-0.39, 0.29) is 6.42 Å². The van der Waals surface area contributed by atoms with E-state index in [1.807, 2.05) is 0 Å². The summed E-state index contributed by atoms with van der Waals surface area (Å²) >= 11 is 11.6. The molecule has 0 saturated carbocycles. The van der Waals surface area contributed by atoms with Gasteiger partial charge in [-0.15, -0.1) is 0 Å². The molecular formula is C10H7Cl2NO. The number of rotatable bonds is 1. The van der Waals surface area contributed by atoms with E-state index in [9.17, 15) is 4.79 Å². The molecule has 0 aliphatic rings. The highest BCUT2D eigenvalue weighted by molar-refractivity contribution is 6.39. The molecule has 0 atom stereocenters. The van der Waals surface area contributed by atoms with Gasteiger partial charge in [-0.05, 0) is 12.1 Å². The first kappa shape index (κ1) is 10.9. The zero-order valence-corrected chi connectivity index (χ0v) is 8.69. The van der Waals surface area contributed by atoms with Crippen molar-refractivity contribution in [3.8, 4) is 11.8 Å². The Morgan fingerprint density at radius 3 is 2.43 bits per heavy atom. The van der Waals surface area contributed by atoms with Crippen LogP contribution in [0.4, 0.5) is 5.69 Å². The minimum Gasteiger partial charge on any atom is -0.396 e. The van der Waals surface area contributed by atoms with Crippen molar-refractivity contribution in [1.82, 2.24) is 0 Å². The number of hydrogen-bond donors (Lipinski definition) is 1. The quantitative estimate of drug-likeness (QED) is 0.456. The number of anilines is 1. The molecule has 0 aromatic heterocycles. The van der Waals surface area contributed by atoms with Gasteiger partial charge in [-0.1, -0.05) is 35.0 Å². The lowest BCUT2D eigenvalue weighted by molar-refractivity contribution is -0.107. The molecule has 0 aliphatic carbocycles. The molecule has 1 aromatic carbocycles. The maximum absolute atomic E-state index is 10.0. The predicted molar refractivity (Wildman–Crippen MR) is 58.4 cm³/mol. The van der Waals surface area contributed by atoms with Gasteiger partial charge in [-0.25, -0.2) is 0 Å². The second-order valence-corrected chi connectivity index (χ2v) is 3.34. The van der Waals surface area contributed by atoms with Crippen molar-refractivity contribution in [2.45, 2.75) is 6.42 Å². The maximum atomic E-state index is 10.0. The van der Waals surface area contributed by atoms with E-state index in [0.29, 0.717) is 21.3 Å². The third-order valence-electron chi connectivity index (χ3n) is 1.50. The van der Waals surface area contributed by atoms with Gasteiger partial charge in [-0.2, -0.15) is 0 Å². The molecule has 4 heteroatoms. The first-order valence-corrected chi connectivity index (χ1v) is 4.57. The molecule has 0 amide bonds. The zero-order chi connectivity index (χ0) is 10.6. The Labute approximate surface area is 92.0 Å². The Morgan fingerprint density at radius 1 is 1.36 bits per heavy atom. The van der Waals surface area contributed by atoms with Crippen molar-refractivity contribution < 1.29 is 4.79 Å². The predicted octanol–water partition coefficient (Wildman–Crippen LogP) is 2.52. The Kier molecular flexibility index (Phi) is 3.82. The molecule has 72 valence electrons. The molecule has 14 heavy (non-hydrogen) atoms. The Hall–Kier alpha value is -1.17. The van der Waals surface area contributed by atoms with Crippen LogP contribution in [-0.4, -0.2) is 6.29 Å². The van der Waals surface area contributed by atoms with E-state index in [2.05, 4.69) is 11.8 Å². The molecule has 0 spiro atoms. The van der Waals surface area contributed by atoms with Gasteiger partial charge in [0, 0.05) is 5.56 Å². The molecule has 0 aliphatic heterocycles. The highest BCUT2D eigenvalue weighted by Gasteiger charge is 2.02. The van der Waals surface area contributed by atoms with Crippen LogP contribution in [0.3, 0.4) is 0 Å². The van der Waals surface area contributed by atoms with Gasteiger partial charge >= 0.3 is 0 Å². The number of benzene rings is 1. The van der Waals surface area contributed by atoms with Gasteiger partial charge in [0.1, 0.15) is 6.29 Å². The third-order valence-corrected chi connectivity index (χ3v) is 2.12. The van der Waals surface area contributed by atoms with Crippen molar-refractivity contribution in [3.05, 3.63) is 27.7 Å². The van der Waals surface area contributed by atoms with Crippen LogP contribution < -0.4 is 5.73 Å². The van der Waals surface area contributed by atoms with Crippen molar-refractivity contribution in [2.75, 3.05) is 5.73 Å². The van der Waals surface area contributed by atoms with Gasteiger partial charge in [-0.3, -0.25) is 0 Å². The molecule has 2 N–H and O–H groups in total. The minimum absolute atomic E-state index is 0.194. The summed E-state index contributed by atoms with van der Waals surface area (Å²) in [5, 5.41) is 0.737. The molecule has 0 radical (unpaired) electrons. The number of aldehydes is 1. The van der Waals surface area contributed by atoms with Crippen LogP contribution in [0, 0.1) is 11.8 Å². The van der Waals surface area contributed by atoms with Gasteiger partial charge < -0.3 is 10.5 Å². The first-order valence-electron chi connectivity index (χ1n) is 3.82. The second-order valence-electron chi connectivity index (χ2n) is 2.53. The molecule has 0 fully saturated rings. The highest BCUT2D eigenvalue weighted by atomic mass is 35.5. The number of halogens is 2. The fourth-order valence-electron chi connectivity index (χ4n) is 0.851. The van der Waals surface area contributed by atoms with E-state index in [1.165, 1.54) is 0 Å². The lowest BCUT2D eigenvalue weighted by atomic mass is 10.2. The number of nitrogens with two attached hydrogens (primary N) is 1. The van der Waals surface area contributed by atoms with Crippen molar-refractivity contribution in [1.29, 1.82) is 0 Å². The molecule has 1 rings (SSSR count). The van der Waals surface area contributed by atoms with Crippen LogP contribution in [0.5, 0.6) is 0 Å². The minimum atomic E-state index is 0.194.